The van der Waals surface area contributed by atoms with E-state index in [-0.39, 0.29) is 5.91 Å². The van der Waals surface area contributed by atoms with E-state index in [1.807, 2.05) is 36.2 Å². The fourth-order valence-electron chi connectivity index (χ4n) is 4.14. The van der Waals surface area contributed by atoms with Crippen LogP contribution < -0.4 is 0 Å². The van der Waals surface area contributed by atoms with Gasteiger partial charge in [0, 0.05) is 56.8 Å². The van der Waals surface area contributed by atoms with Gasteiger partial charge in [0.2, 0.25) is 5.91 Å². The first-order valence-corrected chi connectivity index (χ1v) is 12.0. The minimum atomic E-state index is -3.44. The van der Waals surface area contributed by atoms with Gasteiger partial charge in [0.05, 0.1) is 5.41 Å². The first-order chi connectivity index (χ1) is 13.3. The van der Waals surface area contributed by atoms with Gasteiger partial charge >= 0.3 is 0 Å². The van der Waals surface area contributed by atoms with Crippen LogP contribution in [0.25, 0.3) is 0 Å². The normalized spacial score (nSPS) is 24.3. The standard InChI is InChI=1S/C19H27BrN4O3S/c1-21-7-11-23(12-8-21)28(26,27)24-13-9-22(10-14-24)18(25)19(5-6-19)16-3-2-4-17(20)15-16/h2-4,15H,5-14H2,1H3. The van der Waals surface area contributed by atoms with E-state index in [4.69, 9.17) is 0 Å². The highest BCUT2D eigenvalue weighted by atomic mass is 79.9. The third kappa shape index (κ3) is 3.75. The second-order valence-corrected chi connectivity index (χ2v) is 10.8. The van der Waals surface area contributed by atoms with Gasteiger partial charge in [-0.25, -0.2) is 0 Å². The van der Waals surface area contributed by atoms with E-state index in [9.17, 15) is 13.2 Å². The molecule has 4 rings (SSSR count). The van der Waals surface area contributed by atoms with Crippen LogP contribution in [0.4, 0.5) is 0 Å². The molecule has 2 aliphatic heterocycles. The Kier molecular flexibility index (Phi) is 5.56. The van der Waals surface area contributed by atoms with Crippen molar-refractivity contribution in [2.75, 3.05) is 59.4 Å². The quantitative estimate of drug-likeness (QED) is 0.661. The predicted octanol–water partition coefficient (Wildman–Crippen LogP) is 1.12. The highest BCUT2D eigenvalue weighted by molar-refractivity contribution is 9.10. The molecule has 0 unspecified atom stereocenters. The Balaban J connectivity index is 1.40. The van der Waals surface area contributed by atoms with Crippen molar-refractivity contribution in [2.24, 2.45) is 0 Å². The van der Waals surface area contributed by atoms with Crippen molar-refractivity contribution in [2.45, 2.75) is 18.3 Å². The van der Waals surface area contributed by atoms with Crippen LogP contribution in [-0.2, 0) is 20.4 Å². The van der Waals surface area contributed by atoms with Crippen LogP contribution in [0.1, 0.15) is 18.4 Å². The van der Waals surface area contributed by atoms with Crippen LogP contribution in [-0.4, -0.2) is 92.1 Å². The number of amides is 1. The summed E-state index contributed by atoms with van der Waals surface area (Å²) in [5.41, 5.74) is 0.641. The number of benzene rings is 1. The van der Waals surface area contributed by atoms with E-state index in [0.717, 1.165) is 36.0 Å². The number of hydrogen-bond acceptors (Lipinski definition) is 4. The molecule has 154 valence electrons. The molecule has 0 bridgehead atoms. The Morgan fingerprint density at radius 2 is 1.54 bits per heavy atom. The number of piperazine rings is 2. The molecule has 7 nitrogen and oxygen atoms in total. The molecule has 9 heteroatoms. The maximum absolute atomic E-state index is 13.2. The molecule has 1 aromatic rings. The zero-order chi connectivity index (χ0) is 19.9. The van der Waals surface area contributed by atoms with E-state index < -0.39 is 15.6 Å². The molecule has 1 aliphatic carbocycles. The average Bonchev–Trinajstić information content (AvgIpc) is 3.50. The SMILES string of the molecule is CN1CCN(S(=O)(=O)N2CCN(C(=O)C3(c4cccc(Br)c4)CC3)CC2)CC1. The van der Waals surface area contributed by atoms with Gasteiger partial charge in [0.15, 0.2) is 0 Å². The highest BCUT2D eigenvalue weighted by Crippen LogP contribution is 2.50. The minimum Gasteiger partial charge on any atom is -0.339 e. The Morgan fingerprint density at radius 3 is 2.07 bits per heavy atom. The number of halogens is 1. The van der Waals surface area contributed by atoms with Crippen molar-refractivity contribution in [3.05, 3.63) is 34.3 Å². The first kappa shape index (κ1) is 20.3. The lowest BCUT2D eigenvalue weighted by Crippen LogP contribution is -2.58. The molecular weight excluding hydrogens is 444 g/mol. The van der Waals surface area contributed by atoms with Gasteiger partial charge in [-0.3, -0.25) is 4.79 Å². The van der Waals surface area contributed by atoms with Crippen LogP contribution in [0, 0.1) is 0 Å². The van der Waals surface area contributed by atoms with E-state index in [1.54, 1.807) is 8.61 Å². The van der Waals surface area contributed by atoms with E-state index >= 15 is 0 Å². The van der Waals surface area contributed by atoms with Crippen LogP contribution in [0.2, 0.25) is 0 Å². The Bertz CT molecular complexity index is 842. The molecule has 2 saturated heterocycles. The molecule has 0 radical (unpaired) electrons. The summed E-state index contributed by atoms with van der Waals surface area (Å²) in [6, 6.07) is 7.97. The van der Waals surface area contributed by atoms with Crippen molar-refractivity contribution < 1.29 is 13.2 Å². The van der Waals surface area contributed by atoms with Gasteiger partial charge in [-0.15, -0.1) is 0 Å². The van der Waals surface area contributed by atoms with Crippen molar-refractivity contribution in [3.8, 4) is 0 Å². The van der Waals surface area contributed by atoms with Gasteiger partial charge in [-0.1, -0.05) is 28.1 Å². The minimum absolute atomic E-state index is 0.141. The third-order valence-corrected chi connectivity index (χ3v) is 8.71. The fourth-order valence-corrected chi connectivity index (χ4v) is 6.12. The molecule has 28 heavy (non-hydrogen) atoms. The molecule has 0 spiro atoms. The molecule has 1 saturated carbocycles. The summed E-state index contributed by atoms with van der Waals surface area (Å²) in [4.78, 5) is 17.2. The zero-order valence-corrected chi connectivity index (χ0v) is 18.6. The van der Waals surface area contributed by atoms with E-state index in [2.05, 4.69) is 20.8 Å². The maximum atomic E-state index is 13.2. The lowest BCUT2D eigenvalue weighted by Gasteiger charge is -2.39. The lowest BCUT2D eigenvalue weighted by atomic mass is 9.94. The number of carbonyl (C=O) groups is 1. The van der Waals surface area contributed by atoms with Gasteiger partial charge in [-0.2, -0.15) is 17.0 Å². The van der Waals surface area contributed by atoms with Crippen molar-refractivity contribution >= 4 is 32.0 Å². The summed E-state index contributed by atoms with van der Waals surface area (Å²) in [7, 11) is -1.43. The zero-order valence-electron chi connectivity index (χ0n) is 16.2. The number of carbonyl (C=O) groups excluding carboxylic acids is 1. The summed E-state index contributed by atoms with van der Waals surface area (Å²) < 4.78 is 29.9. The van der Waals surface area contributed by atoms with Gasteiger partial charge in [0.25, 0.3) is 10.2 Å². The number of nitrogens with zero attached hydrogens (tertiary/aromatic N) is 4. The second-order valence-electron chi connectivity index (χ2n) is 7.99. The Labute approximate surface area is 175 Å². The molecule has 0 atom stereocenters. The fraction of sp³-hybridized carbons (Fsp3) is 0.632. The Morgan fingerprint density at radius 1 is 0.964 bits per heavy atom. The van der Waals surface area contributed by atoms with Crippen LogP contribution >= 0.6 is 15.9 Å². The summed E-state index contributed by atoms with van der Waals surface area (Å²) in [5.74, 6) is 0.141. The maximum Gasteiger partial charge on any atom is 0.282 e. The molecule has 3 fully saturated rings. The van der Waals surface area contributed by atoms with E-state index in [0.29, 0.717) is 39.3 Å². The molecular formula is C19H27BrN4O3S. The summed E-state index contributed by atoms with van der Waals surface area (Å²) in [6.07, 6.45) is 1.73. The highest BCUT2D eigenvalue weighted by Gasteiger charge is 2.53. The van der Waals surface area contributed by atoms with Crippen molar-refractivity contribution in [1.82, 2.24) is 18.4 Å². The molecule has 0 N–H and O–H groups in total. The molecule has 3 aliphatic rings. The summed E-state index contributed by atoms with van der Waals surface area (Å²) in [5, 5.41) is 0. The first-order valence-electron chi connectivity index (χ1n) is 9.82. The lowest BCUT2D eigenvalue weighted by molar-refractivity contribution is -0.135. The van der Waals surface area contributed by atoms with Gasteiger partial charge in [0.1, 0.15) is 0 Å². The predicted molar refractivity (Wildman–Crippen MR) is 111 cm³/mol. The number of likely N-dealkylation sites (N-methyl/N-ethyl adjacent to an activating group) is 1. The van der Waals surface area contributed by atoms with Gasteiger partial charge in [-0.05, 0) is 37.6 Å². The van der Waals surface area contributed by atoms with Crippen LogP contribution in [0.5, 0.6) is 0 Å². The Hall–Kier alpha value is -1.00. The molecule has 1 amide bonds. The second kappa shape index (κ2) is 7.68. The van der Waals surface area contributed by atoms with E-state index in [1.165, 1.54) is 0 Å². The van der Waals surface area contributed by atoms with Crippen LogP contribution in [0.15, 0.2) is 28.7 Å². The summed E-state index contributed by atoms with van der Waals surface area (Å²) in [6.45, 7) is 4.24. The largest absolute Gasteiger partial charge is 0.339 e. The smallest absolute Gasteiger partial charge is 0.282 e. The number of rotatable bonds is 4. The van der Waals surface area contributed by atoms with Crippen molar-refractivity contribution in [3.63, 3.8) is 0 Å². The number of hydrogen-bond donors (Lipinski definition) is 0. The molecule has 1 aromatic carbocycles. The third-order valence-electron chi connectivity index (χ3n) is 6.18. The monoisotopic (exact) mass is 470 g/mol. The molecule has 2 heterocycles. The van der Waals surface area contributed by atoms with Crippen LogP contribution in [0.3, 0.4) is 0 Å². The average molecular weight is 471 g/mol. The molecule has 0 aromatic heterocycles. The summed E-state index contributed by atoms with van der Waals surface area (Å²) >= 11 is 3.49. The van der Waals surface area contributed by atoms with Gasteiger partial charge < -0.3 is 9.80 Å². The topological polar surface area (TPSA) is 64.2 Å². The van der Waals surface area contributed by atoms with Crippen molar-refractivity contribution in [1.29, 1.82) is 0 Å².